The van der Waals surface area contributed by atoms with Gasteiger partial charge in [-0.05, 0) is 30.2 Å². The minimum Gasteiger partial charge on any atom is -0.454 e. The van der Waals surface area contributed by atoms with Gasteiger partial charge in [0.05, 0.1) is 0 Å². The molecular formula is C29H22N2O. The minimum atomic E-state index is 0.683. The number of aliphatic imine (C=N–C) groups is 1. The van der Waals surface area contributed by atoms with E-state index in [-0.39, 0.29) is 0 Å². The highest BCUT2D eigenvalue weighted by Gasteiger charge is 2.21. The highest BCUT2D eigenvalue weighted by molar-refractivity contribution is 6.15. The Hall–Kier alpha value is -4.24. The summed E-state index contributed by atoms with van der Waals surface area (Å²) in [4.78, 5) is 9.51. The lowest BCUT2D eigenvalue weighted by Crippen LogP contribution is -2.04. The molecule has 0 unspecified atom stereocenters. The van der Waals surface area contributed by atoms with Gasteiger partial charge >= 0.3 is 0 Å². The smallest absolute Gasteiger partial charge is 0.161 e. The van der Waals surface area contributed by atoms with Crippen molar-refractivity contribution >= 4 is 11.5 Å². The topological polar surface area (TPSA) is 38.4 Å². The molecule has 0 aliphatic carbocycles. The van der Waals surface area contributed by atoms with Crippen molar-refractivity contribution in [2.75, 3.05) is 0 Å². The van der Waals surface area contributed by atoms with Gasteiger partial charge in [-0.25, -0.2) is 9.98 Å². The Morgan fingerprint density at radius 3 is 2.00 bits per heavy atom. The normalized spacial score (nSPS) is 11.5. The summed E-state index contributed by atoms with van der Waals surface area (Å²) in [5.41, 5.74) is 5.85. The number of aromatic nitrogens is 1. The van der Waals surface area contributed by atoms with E-state index in [0.29, 0.717) is 5.82 Å². The lowest BCUT2D eigenvalue weighted by atomic mass is 9.99. The van der Waals surface area contributed by atoms with Crippen LogP contribution in [0.15, 0.2) is 125 Å². The van der Waals surface area contributed by atoms with Gasteiger partial charge in [-0.15, -0.1) is 0 Å². The van der Waals surface area contributed by atoms with Gasteiger partial charge < -0.3 is 4.42 Å². The van der Waals surface area contributed by atoms with Gasteiger partial charge in [0.15, 0.2) is 11.6 Å². The minimum absolute atomic E-state index is 0.683. The molecule has 3 nitrogen and oxygen atoms in total. The van der Waals surface area contributed by atoms with Crippen LogP contribution in [-0.2, 0) is 0 Å². The Bertz CT molecular complexity index is 1350. The summed E-state index contributed by atoms with van der Waals surface area (Å²) in [6.07, 6.45) is 1.77. The molecule has 0 radical (unpaired) electrons. The average Bonchev–Trinajstić information content (AvgIpc) is 3.30. The summed E-state index contributed by atoms with van der Waals surface area (Å²) in [7, 11) is 0. The molecule has 0 aliphatic heterocycles. The first kappa shape index (κ1) is 19.7. The lowest BCUT2D eigenvalue weighted by molar-refractivity contribution is 0.573. The largest absolute Gasteiger partial charge is 0.454 e. The lowest BCUT2D eigenvalue weighted by Gasteiger charge is -2.09. The number of rotatable bonds is 5. The van der Waals surface area contributed by atoms with E-state index in [9.17, 15) is 0 Å². The van der Waals surface area contributed by atoms with Crippen LogP contribution in [0.1, 0.15) is 16.9 Å². The maximum atomic E-state index is 6.53. The Morgan fingerprint density at radius 1 is 0.719 bits per heavy atom. The zero-order valence-electron chi connectivity index (χ0n) is 17.8. The highest BCUT2D eigenvalue weighted by Crippen LogP contribution is 2.35. The average molecular weight is 415 g/mol. The fraction of sp³-hybridized carbons (Fsp3) is 0.0345. The molecule has 0 spiro atoms. The molecule has 0 aliphatic rings. The second kappa shape index (κ2) is 8.86. The van der Waals surface area contributed by atoms with Crippen molar-refractivity contribution in [2.24, 2.45) is 4.99 Å². The number of benzene rings is 3. The quantitative estimate of drug-likeness (QED) is 0.280. The third-order valence-electron chi connectivity index (χ3n) is 5.34. The van der Waals surface area contributed by atoms with Gasteiger partial charge in [0, 0.05) is 22.9 Å². The summed E-state index contributed by atoms with van der Waals surface area (Å²) in [5, 5.41) is 0. The maximum Gasteiger partial charge on any atom is 0.161 e. The highest BCUT2D eigenvalue weighted by atomic mass is 16.3. The van der Waals surface area contributed by atoms with Crippen LogP contribution in [0.25, 0.3) is 22.5 Å². The second-order valence-corrected chi connectivity index (χ2v) is 7.56. The van der Waals surface area contributed by atoms with Crippen molar-refractivity contribution in [3.63, 3.8) is 0 Å². The van der Waals surface area contributed by atoms with Crippen molar-refractivity contribution in [3.05, 3.63) is 132 Å². The first-order valence-corrected chi connectivity index (χ1v) is 10.6. The molecule has 0 bridgehead atoms. The molecule has 2 aromatic heterocycles. The standard InChI is InChI=1S/C29H22N2O/c1-21-12-11-19-30-29(21)31-27(24-17-9-4-10-18-24)28-25(22-13-5-2-6-14-22)20-26(32-28)23-15-7-3-8-16-23/h2-20H,1H3/b31-27+. The SMILES string of the molecule is Cc1cccnc1/N=C(\c1ccccc1)c1oc(-c2ccccc2)cc1-c1ccccc1. The van der Waals surface area contributed by atoms with Gasteiger partial charge in [0.1, 0.15) is 11.5 Å². The zero-order valence-corrected chi connectivity index (χ0v) is 17.8. The van der Waals surface area contributed by atoms with E-state index in [0.717, 1.165) is 45.0 Å². The third-order valence-corrected chi connectivity index (χ3v) is 5.34. The monoisotopic (exact) mass is 414 g/mol. The van der Waals surface area contributed by atoms with Crippen LogP contribution in [0.5, 0.6) is 0 Å². The first-order chi connectivity index (χ1) is 15.8. The van der Waals surface area contributed by atoms with Crippen molar-refractivity contribution in [2.45, 2.75) is 6.92 Å². The molecule has 0 N–H and O–H groups in total. The summed E-state index contributed by atoms with van der Waals surface area (Å²) in [6, 6.07) is 36.6. The van der Waals surface area contributed by atoms with E-state index in [4.69, 9.17) is 9.41 Å². The summed E-state index contributed by atoms with van der Waals surface area (Å²) in [6.45, 7) is 2.02. The summed E-state index contributed by atoms with van der Waals surface area (Å²) >= 11 is 0. The fourth-order valence-electron chi connectivity index (χ4n) is 3.69. The van der Waals surface area contributed by atoms with Crippen LogP contribution in [0.4, 0.5) is 5.82 Å². The van der Waals surface area contributed by atoms with Crippen molar-refractivity contribution in [1.29, 1.82) is 0 Å². The number of nitrogens with zero attached hydrogens (tertiary/aromatic N) is 2. The molecule has 0 saturated carbocycles. The zero-order chi connectivity index (χ0) is 21.8. The molecule has 154 valence electrons. The van der Waals surface area contributed by atoms with Crippen LogP contribution in [0, 0.1) is 6.92 Å². The van der Waals surface area contributed by atoms with E-state index in [1.165, 1.54) is 0 Å². The maximum absolute atomic E-state index is 6.53. The van der Waals surface area contributed by atoms with Crippen LogP contribution in [-0.4, -0.2) is 10.7 Å². The number of hydrogen-bond acceptors (Lipinski definition) is 3. The van der Waals surface area contributed by atoms with Gasteiger partial charge in [-0.1, -0.05) is 97.1 Å². The molecule has 0 saturated heterocycles. The van der Waals surface area contributed by atoms with Gasteiger partial charge in [0.2, 0.25) is 0 Å². The van der Waals surface area contributed by atoms with E-state index in [1.54, 1.807) is 6.20 Å². The Balaban J connectivity index is 1.77. The molecule has 2 heterocycles. The predicted molar refractivity (Wildman–Crippen MR) is 130 cm³/mol. The predicted octanol–water partition coefficient (Wildman–Crippen LogP) is 7.49. The third kappa shape index (κ3) is 4.01. The van der Waals surface area contributed by atoms with Crippen LogP contribution in [0.3, 0.4) is 0 Å². The molecule has 3 heteroatoms. The second-order valence-electron chi connectivity index (χ2n) is 7.56. The van der Waals surface area contributed by atoms with Crippen molar-refractivity contribution in [1.82, 2.24) is 4.98 Å². The van der Waals surface area contributed by atoms with E-state index >= 15 is 0 Å². The Kier molecular flexibility index (Phi) is 5.46. The Labute approximate surface area is 187 Å². The van der Waals surface area contributed by atoms with Gasteiger partial charge in [-0.3, -0.25) is 0 Å². The van der Waals surface area contributed by atoms with E-state index in [2.05, 4.69) is 47.4 Å². The number of furan rings is 1. The summed E-state index contributed by atoms with van der Waals surface area (Å²) in [5.74, 6) is 2.22. The van der Waals surface area contributed by atoms with Crippen LogP contribution < -0.4 is 0 Å². The van der Waals surface area contributed by atoms with Crippen molar-refractivity contribution < 1.29 is 4.42 Å². The number of hydrogen-bond donors (Lipinski definition) is 0. The molecule has 3 aromatic carbocycles. The van der Waals surface area contributed by atoms with Gasteiger partial charge in [0.25, 0.3) is 0 Å². The van der Waals surface area contributed by atoms with Crippen LogP contribution >= 0.6 is 0 Å². The number of pyridine rings is 1. The molecule has 0 atom stereocenters. The number of aryl methyl sites for hydroxylation is 1. The molecule has 0 fully saturated rings. The van der Waals surface area contributed by atoms with E-state index < -0.39 is 0 Å². The molecule has 5 rings (SSSR count). The molecule has 32 heavy (non-hydrogen) atoms. The molecular weight excluding hydrogens is 392 g/mol. The fourth-order valence-corrected chi connectivity index (χ4v) is 3.69. The van der Waals surface area contributed by atoms with Crippen LogP contribution in [0.2, 0.25) is 0 Å². The van der Waals surface area contributed by atoms with Crippen molar-refractivity contribution in [3.8, 4) is 22.5 Å². The van der Waals surface area contributed by atoms with E-state index in [1.807, 2.05) is 73.7 Å². The first-order valence-electron chi connectivity index (χ1n) is 10.6. The Morgan fingerprint density at radius 2 is 1.34 bits per heavy atom. The molecule has 0 amide bonds. The van der Waals surface area contributed by atoms with Gasteiger partial charge in [-0.2, -0.15) is 0 Å². The molecule has 5 aromatic rings. The summed E-state index contributed by atoms with van der Waals surface area (Å²) < 4.78 is 6.53.